The number of rotatable bonds is 0. The molecule has 0 saturated carbocycles. The van der Waals surface area contributed by atoms with Gasteiger partial charge in [-0.1, -0.05) is 0 Å². The van der Waals surface area contributed by atoms with Crippen LogP contribution < -0.4 is 4.57 Å². The molecule has 0 N–H and O–H groups in total. The number of hydrogen-bond acceptors (Lipinski definition) is 0. The molecule has 1 nitrogen and oxygen atoms in total. The highest BCUT2D eigenvalue weighted by atomic mass is 19.1. The zero-order valence-electron chi connectivity index (χ0n) is 9.84. The molecule has 2 aromatic rings. The van der Waals surface area contributed by atoms with E-state index in [2.05, 4.69) is 0 Å². The number of pyridine rings is 1. The van der Waals surface area contributed by atoms with Crippen molar-refractivity contribution in [2.24, 2.45) is 0 Å². The first kappa shape index (κ1) is 10.2. The van der Waals surface area contributed by atoms with Gasteiger partial charge >= 0.3 is 0 Å². The summed E-state index contributed by atoms with van der Waals surface area (Å²) >= 11 is 0. The van der Waals surface area contributed by atoms with E-state index in [9.17, 15) is 8.78 Å². The van der Waals surface area contributed by atoms with Crippen LogP contribution in [0.3, 0.4) is 0 Å². The fraction of sp³-hybridized carbons (Fsp3) is 0.267. The van der Waals surface area contributed by atoms with Crippen LogP contribution in [0.5, 0.6) is 0 Å². The molecule has 0 fully saturated rings. The van der Waals surface area contributed by atoms with E-state index in [1.165, 1.54) is 29.7 Å². The van der Waals surface area contributed by atoms with Crippen LogP contribution >= 0.6 is 0 Å². The Bertz CT molecular complexity index is 716. The highest BCUT2D eigenvalue weighted by Crippen LogP contribution is 2.37. The van der Waals surface area contributed by atoms with E-state index in [1.54, 1.807) is 6.07 Å². The minimum Gasteiger partial charge on any atom is -0.206 e. The van der Waals surface area contributed by atoms with Crippen LogP contribution in [0.15, 0.2) is 29.8 Å². The van der Waals surface area contributed by atoms with Gasteiger partial charge in [0.15, 0.2) is 12.4 Å². The van der Waals surface area contributed by atoms with Crippen LogP contribution in [-0.4, -0.2) is 0 Å². The number of halogens is 2. The molecule has 0 radical (unpaired) electrons. The zero-order valence-corrected chi connectivity index (χ0v) is 9.84. The van der Waals surface area contributed by atoms with Gasteiger partial charge in [-0.25, -0.2) is 4.39 Å². The standard InChI is InChI=1S/C15H12F2N/c16-12-5-6-13(17)15-11(12)4-7-14-10-3-1-2-9(10)8-18(14)15/h4-7H,1-3,8H2/q+1. The Morgan fingerprint density at radius 1 is 0.944 bits per heavy atom. The van der Waals surface area contributed by atoms with Crippen LogP contribution in [0.1, 0.15) is 25.0 Å². The lowest BCUT2D eigenvalue weighted by molar-refractivity contribution is -0.661. The Morgan fingerprint density at radius 2 is 1.78 bits per heavy atom. The topological polar surface area (TPSA) is 3.88 Å². The van der Waals surface area contributed by atoms with Gasteiger partial charge in [-0.3, -0.25) is 0 Å². The Balaban J connectivity index is 2.08. The first-order valence-electron chi connectivity index (χ1n) is 6.27. The predicted molar refractivity (Wildman–Crippen MR) is 64.8 cm³/mol. The van der Waals surface area contributed by atoms with Crippen LogP contribution in [0.2, 0.25) is 0 Å². The van der Waals surface area contributed by atoms with E-state index >= 15 is 0 Å². The number of benzene rings is 1. The van der Waals surface area contributed by atoms with E-state index in [1.807, 2.05) is 10.6 Å². The summed E-state index contributed by atoms with van der Waals surface area (Å²) < 4.78 is 29.7. The summed E-state index contributed by atoms with van der Waals surface area (Å²) in [5.74, 6) is -0.691. The van der Waals surface area contributed by atoms with Crippen LogP contribution in [0.4, 0.5) is 8.78 Å². The van der Waals surface area contributed by atoms with Gasteiger partial charge in [0.05, 0.1) is 5.39 Å². The molecule has 3 heteroatoms. The van der Waals surface area contributed by atoms with Crippen molar-refractivity contribution in [2.75, 3.05) is 0 Å². The molecule has 4 rings (SSSR count). The fourth-order valence-electron chi connectivity index (χ4n) is 3.27. The quantitative estimate of drug-likeness (QED) is 0.626. The lowest BCUT2D eigenvalue weighted by atomic mass is 10.1. The van der Waals surface area contributed by atoms with Gasteiger partial charge in [-0.2, -0.15) is 8.96 Å². The third-order valence-corrected chi connectivity index (χ3v) is 4.07. The smallest absolute Gasteiger partial charge is 0.206 e. The summed E-state index contributed by atoms with van der Waals surface area (Å²) in [6.07, 6.45) is 3.35. The van der Waals surface area contributed by atoms with Gasteiger partial charge in [-0.15, -0.1) is 0 Å². The molecule has 18 heavy (non-hydrogen) atoms. The lowest BCUT2D eigenvalue weighted by Gasteiger charge is -2.04. The molecule has 0 saturated heterocycles. The van der Waals surface area contributed by atoms with E-state index in [4.69, 9.17) is 0 Å². The normalized spacial score (nSPS) is 17.4. The third-order valence-electron chi connectivity index (χ3n) is 4.07. The molecule has 1 aliphatic carbocycles. The molecular weight excluding hydrogens is 232 g/mol. The van der Waals surface area contributed by atoms with E-state index in [0.717, 1.165) is 25.1 Å². The van der Waals surface area contributed by atoms with E-state index in [-0.39, 0.29) is 11.6 Å². The third kappa shape index (κ3) is 1.17. The maximum Gasteiger partial charge on any atom is 0.252 e. The minimum atomic E-state index is -0.353. The first-order chi connectivity index (χ1) is 8.75. The second-order valence-electron chi connectivity index (χ2n) is 5.03. The first-order valence-corrected chi connectivity index (χ1v) is 6.27. The van der Waals surface area contributed by atoms with Gasteiger partial charge < -0.3 is 0 Å². The van der Waals surface area contributed by atoms with Crippen molar-refractivity contribution >= 4 is 16.5 Å². The molecule has 1 aromatic carbocycles. The molecule has 1 aliphatic heterocycles. The number of allylic oxidation sites excluding steroid dienone is 2. The van der Waals surface area contributed by atoms with E-state index in [0.29, 0.717) is 10.9 Å². The summed E-state index contributed by atoms with van der Waals surface area (Å²) in [4.78, 5) is 0. The number of nitrogens with zero attached hydrogens (tertiary/aromatic N) is 1. The summed E-state index contributed by atoms with van der Waals surface area (Å²) in [5.41, 5.74) is 4.22. The summed E-state index contributed by atoms with van der Waals surface area (Å²) in [7, 11) is 0. The SMILES string of the molecule is Fc1ccc(F)c2c1ccc1[n+]2CC2=C1CCC2. The van der Waals surface area contributed by atoms with Crippen molar-refractivity contribution in [3.8, 4) is 0 Å². The van der Waals surface area contributed by atoms with Crippen molar-refractivity contribution < 1.29 is 13.3 Å². The highest BCUT2D eigenvalue weighted by Gasteiger charge is 2.34. The monoisotopic (exact) mass is 244 g/mol. The van der Waals surface area contributed by atoms with Crippen molar-refractivity contribution in [1.29, 1.82) is 0 Å². The van der Waals surface area contributed by atoms with Crippen molar-refractivity contribution in [2.45, 2.75) is 25.8 Å². The zero-order chi connectivity index (χ0) is 12.3. The average molecular weight is 244 g/mol. The average Bonchev–Trinajstić information content (AvgIpc) is 2.93. The number of fused-ring (bicyclic) bond motifs is 4. The largest absolute Gasteiger partial charge is 0.252 e. The Morgan fingerprint density at radius 3 is 2.67 bits per heavy atom. The Kier molecular flexibility index (Phi) is 1.91. The summed E-state index contributed by atoms with van der Waals surface area (Å²) in [5, 5.41) is 0.375. The molecule has 0 amide bonds. The van der Waals surface area contributed by atoms with Gasteiger partial charge in [-0.05, 0) is 37.5 Å². The minimum absolute atomic E-state index is 0.338. The number of aromatic nitrogens is 1. The van der Waals surface area contributed by atoms with Crippen LogP contribution in [-0.2, 0) is 6.54 Å². The fourth-order valence-corrected chi connectivity index (χ4v) is 3.27. The highest BCUT2D eigenvalue weighted by molar-refractivity contribution is 5.80. The molecule has 0 bridgehead atoms. The second-order valence-corrected chi connectivity index (χ2v) is 5.03. The van der Waals surface area contributed by atoms with E-state index < -0.39 is 0 Å². The maximum absolute atomic E-state index is 14.0. The van der Waals surface area contributed by atoms with Gasteiger partial charge in [0.25, 0.3) is 5.52 Å². The van der Waals surface area contributed by atoms with Crippen molar-refractivity contribution in [1.82, 2.24) is 0 Å². The van der Waals surface area contributed by atoms with Crippen LogP contribution in [0.25, 0.3) is 16.5 Å². The lowest BCUT2D eigenvalue weighted by Crippen LogP contribution is -2.36. The maximum atomic E-state index is 14.0. The number of hydrogen-bond donors (Lipinski definition) is 0. The van der Waals surface area contributed by atoms with Crippen LogP contribution in [0, 0.1) is 11.6 Å². The summed E-state index contributed by atoms with van der Waals surface area (Å²) in [6.45, 7) is 0.725. The Labute approximate surface area is 103 Å². The van der Waals surface area contributed by atoms with Crippen molar-refractivity contribution in [3.63, 3.8) is 0 Å². The molecule has 1 aromatic heterocycles. The Hall–Kier alpha value is -1.77. The molecule has 0 atom stereocenters. The van der Waals surface area contributed by atoms with Gasteiger partial charge in [0.1, 0.15) is 5.82 Å². The molecule has 0 unspecified atom stereocenters. The molecule has 2 aliphatic rings. The van der Waals surface area contributed by atoms with Gasteiger partial charge in [0.2, 0.25) is 5.69 Å². The van der Waals surface area contributed by atoms with Crippen molar-refractivity contribution in [3.05, 3.63) is 47.2 Å². The predicted octanol–water partition coefficient (Wildman–Crippen LogP) is 3.36. The summed E-state index contributed by atoms with van der Waals surface area (Å²) in [6, 6.07) is 6.04. The molecule has 2 heterocycles. The molecule has 90 valence electrons. The molecule has 0 spiro atoms. The second kappa shape index (κ2) is 3.37. The molecular formula is C15H12F2N+. The van der Waals surface area contributed by atoms with Gasteiger partial charge in [0, 0.05) is 17.2 Å².